The summed E-state index contributed by atoms with van der Waals surface area (Å²) in [5, 5.41) is 11.9. The van der Waals surface area contributed by atoms with Crippen LogP contribution in [-0.2, 0) is 16.1 Å². The van der Waals surface area contributed by atoms with Crippen molar-refractivity contribution in [2.45, 2.75) is 32.9 Å². The van der Waals surface area contributed by atoms with Crippen LogP contribution in [-0.4, -0.2) is 40.5 Å². The van der Waals surface area contributed by atoms with Gasteiger partial charge in [-0.15, -0.1) is 0 Å². The number of esters is 1. The summed E-state index contributed by atoms with van der Waals surface area (Å²) in [6.07, 6.45) is 0. The number of amidine groups is 1. The minimum absolute atomic E-state index is 0.0207. The first-order chi connectivity index (χ1) is 10.3. The highest BCUT2D eigenvalue weighted by Crippen LogP contribution is 2.27. The monoisotopic (exact) mass is 305 g/mol. The molecule has 2 rings (SSSR count). The first kappa shape index (κ1) is 16.1. The Labute approximate surface area is 128 Å². The molecule has 22 heavy (non-hydrogen) atoms. The van der Waals surface area contributed by atoms with Crippen LogP contribution >= 0.6 is 0 Å². The summed E-state index contributed by atoms with van der Waals surface area (Å²) in [6, 6.07) is 3.02. The van der Waals surface area contributed by atoms with Gasteiger partial charge in [0.15, 0.2) is 5.84 Å². The molecule has 7 heteroatoms. The Morgan fingerprint density at radius 1 is 1.45 bits per heavy atom. The number of carbonyl (C=O) groups excluding carboxylic acids is 2. The number of nitrogens with zero attached hydrogens (tertiary/aromatic N) is 2. The normalized spacial score (nSPS) is 20.8. The Bertz CT molecular complexity index is 654. The molecule has 1 aromatic heterocycles. The van der Waals surface area contributed by atoms with E-state index in [-0.39, 0.29) is 35.5 Å². The van der Waals surface area contributed by atoms with E-state index in [2.05, 4.69) is 15.3 Å². The van der Waals surface area contributed by atoms with Crippen molar-refractivity contribution in [1.29, 1.82) is 0 Å². The van der Waals surface area contributed by atoms with Gasteiger partial charge in [0.1, 0.15) is 11.2 Å². The number of rotatable bonds is 4. The smallest absolute Gasteiger partial charge is 0.340 e. The zero-order valence-corrected chi connectivity index (χ0v) is 13.0. The van der Waals surface area contributed by atoms with Gasteiger partial charge in [0, 0.05) is 0 Å². The van der Waals surface area contributed by atoms with Gasteiger partial charge >= 0.3 is 5.97 Å². The molecule has 0 spiro atoms. The largest absolute Gasteiger partial charge is 0.465 e. The van der Waals surface area contributed by atoms with Crippen LogP contribution in [0, 0.1) is 5.92 Å². The predicted octanol–water partition coefficient (Wildman–Crippen LogP) is 0.652. The molecule has 118 valence electrons. The molecule has 0 bridgehead atoms. The highest BCUT2D eigenvalue weighted by atomic mass is 16.5. The van der Waals surface area contributed by atoms with E-state index >= 15 is 0 Å². The lowest BCUT2D eigenvalue weighted by Gasteiger charge is -2.21. The van der Waals surface area contributed by atoms with Crippen LogP contribution < -0.4 is 5.32 Å². The van der Waals surface area contributed by atoms with Crippen molar-refractivity contribution in [2.75, 3.05) is 7.11 Å². The third-order valence-corrected chi connectivity index (χ3v) is 3.90. The molecule has 0 fully saturated rings. The number of nitrogens with one attached hydrogen (secondary N) is 1. The zero-order chi connectivity index (χ0) is 16.5. The number of hydrogen-bond acceptors (Lipinski definition) is 6. The van der Waals surface area contributed by atoms with Crippen LogP contribution in [0.25, 0.3) is 0 Å². The molecule has 0 saturated carbocycles. The third kappa shape index (κ3) is 2.59. The first-order valence-corrected chi connectivity index (χ1v) is 6.94. The summed E-state index contributed by atoms with van der Waals surface area (Å²) < 4.78 is 4.73. The number of aromatic nitrogens is 1. The molecule has 1 aliphatic heterocycles. The minimum Gasteiger partial charge on any atom is -0.465 e. The van der Waals surface area contributed by atoms with Gasteiger partial charge in [-0.3, -0.25) is 4.79 Å². The number of aliphatic hydroxyl groups excluding tert-OH is 1. The molecular formula is C15H19N3O4. The molecule has 0 saturated heterocycles. The average molecular weight is 305 g/mol. The van der Waals surface area contributed by atoms with E-state index < -0.39 is 11.5 Å². The Kier molecular flexibility index (Phi) is 4.27. The first-order valence-electron chi connectivity index (χ1n) is 6.94. The molecule has 1 aromatic rings. The van der Waals surface area contributed by atoms with Crippen molar-refractivity contribution in [2.24, 2.45) is 10.9 Å². The van der Waals surface area contributed by atoms with Crippen LogP contribution in [0.15, 0.2) is 17.1 Å². The van der Waals surface area contributed by atoms with E-state index in [0.717, 1.165) is 0 Å². The Morgan fingerprint density at radius 3 is 2.64 bits per heavy atom. The van der Waals surface area contributed by atoms with E-state index in [0.29, 0.717) is 5.69 Å². The number of ether oxygens (including phenoxy) is 1. The van der Waals surface area contributed by atoms with Crippen molar-refractivity contribution in [3.8, 4) is 0 Å². The summed E-state index contributed by atoms with van der Waals surface area (Å²) >= 11 is 0. The van der Waals surface area contributed by atoms with Crippen LogP contribution in [0.2, 0.25) is 0 Å². The minimum atomic E-state index is -0.917. The van der Waals surface area contributed by atoms with Gasteiger partial charge in [-0.2, -0.15) is 0 Å². The zero-order valence-electron chi connectivity index (χ0n) is 13.0. The number of methoxy groups -OCH3 is 1. The predicted molar refractivity (Wildman–Crippen MR) is 79.4 cm³/mol. The highest BCUT2D eigenvalue weighted by molar-refractivity contribution is 6.17. The SMILES string of the molecule is COC(=O)c1ccc(CO)nc1C1=NC(C)(C(C)C)C(=O)N1. The third-order valence-electron chi connectivity index (χ3n) is 3.90. The second-order valence-corrected chi connectivity index (χ2v) is 5.57. The van der Waals surface area contributed by atoms with E-state index in [1.54, 1.807) is 6.92 Å². The average Bonchev–Trinajstić information content (AvgIpc) is 2.82. The standard InChI is InChI=1S/C15H19N3O4/c1-8(2)15(3)14(21)17-12(18-15)11-10(13(20)22-4)6-5-9(7-19)16-11/h5-6,8,19H,7H2,1-4H3,(H,17,18,21). The van der Waals surface area contributed by atoms with Crippen molar-refractivity contribution in [1.82, 2.24) is 10.3 Å². The number of amides is 1. The molecule has 2 heterocycles. The molecule has 1 unspecified atom stereocenters. The van der Waals surface area contributed by atoms with Crippen molar-refractivity contribution in [3.63, 3.8) is 0 Å². The number of aliphatic hydroxyl groups is 1. The Balaban J connectivity index is 2.56. The molecular weight excluding hydrogens is 286 g/mol. The number of aliphatic imine (C=N–C) groups is 1. The van der Waals surface area contributed by atoms with Gasteiger partial charge in [0.25, 0.3) is 5.91 Å². The highest BCUT2D eigenvalue weighted by Gasteiger charge is 2.43. The van der Waals surface area contributed by atoms with Gasteiger partial charge < -0.3 is 15.2 Å². The van der Waals surface area contributed by atoms with Crippen LogP contribution in [0.3, 0.4) is 0 Å². The second-order valence-electron chi connectivity index (χ2n) is 5.57. The topological polar surface area (TPSA) is 101 Å². The van der Waals surface area contributed by atoms with Crippen LogP contribution in [0.1, 0.15) is 42.5 Å². The lowest BCUT2D eigenvalue weighted by Crippen LogP contribution is -2.41. The van der Waals surface area contributed by atoms with E-state index in [1.807, 2.05) is 13.8 Å². The lowest BCUT2D eigenvalue weighted by molar-refractivity contribution is -0.124. The van der Waals surface area contributed by atoms with Crippen molar-refractivity contribution in [3.05, 3.63) is 29.1 Å². The summed E-state index contributed by atoms with van der Waals surface area (Å²) in [5.41, 5.74) is -0.153. The number of pyridine rings is 1. The van der Waals surface area contributed by atoms with E-state index in [1.165, 1.54) is 19.2 Å². The molecule has 1 atom stereocenters. The fourth-order valence-electron chi connectivity index (χ4n) is 2.09. The molecule has 1 aliphatic rings. The maximum absolute atomic E-state index is 12.2. The van der Waals surface area contributed by atoms with E-state index in [4.69, 9.17) is 4.74 Å². The number of hydrogen-bond donors (Lipinski definition) is 2. The van der Waals surface area contributed by atoms with Crippen molar-refractivity contribution >= 4 is 17.7 Å². The van der Waals surface area contributed by atoms with Gasteiger partial charge in [0.2, 0.25) is 0 Å². The quantitative estimate of drug-likeness (QED) is 0.795. The van der Waals surface area contributed by atoms with Crippen LogP contribution in [0.5, 0.6) is 0 Å². The van der Waals surface area contributed by atoms with Crippen molar-refractivity contribution < 1.29 is 19.4 Å². The maximum Gasteiger partial charge on any atom is 0.340 e. The summed E-state index contributed by atoms with van der Waals surface area (Å²) in [4.78, 5) is 32.7. The molecule has 2 N–H and O–H groups in total. The molecule has 1 amide bonds. The van der Waals surface area contributed by atoms with Gasteiger partial charge in [0.05, 0.1) is 25.0 Å². The van der Waals surface area contributed by atoms with Gasteiger partial charge in [-0.25, -0.2) is 14.8 Å². The van der Waals surface area contributed by atoms with Gasteiger partial charge in [-0.1, -0.05) is 13.8 Å². The summed E-state index contributed by atoms with van der Waals surface area (Å²) in [6.45, 7) is 5.24. The summed E-state index contributed by atoms with van der Waals surface area (Å²) in [5.74, 6) is -0.629. The lowest BCUT2D eigenvalue weighted by atomic mass is 9.89. The van der Waals surface area contributed by atoms with E-state index in [9.17, 15) is 14.7 Å². The second kappa shape index (κ2) is 5.84. The Morgan fingerprint density at radius 2 is 2.14 bits per heavy atom. The molecule has 0 radical (unpaired) electrons. The summed E-state index contributed by atoms with van der Waals surface area (Å²) in [7, 11) is 1.26. The molecule has 7 nitrogen and oxygen atoms in total. The maximum atomic E-state index is 12.2. The fraction of sp³-hybridized carbons (Fsp3) is 0.467. The van der Waals surface area contributed by atoms with Crippen LogP contribution in [0.4, 0.5) is 0 Å². The molecule has 0 aromatic carbocycles. The fourth-order valence-corrected chi connectivity index (χ4v) is 2.09. The van der Waals surface area contributed by atoms with Gasteiger partial charge in [-0.05, 0) is 25.0 Å². The Hall–Kier alpha value is -2.28. The number of carbonyl (C=O) groups is 2. The molecule has 0 aliphatic carbocycles.